The molecule has 26 heavy (non-hydrogen) atoms. The minimum Gasteiger partial charge on any atom is -0.484 e. The summed E-state index contributed by atoms with van der Waals surface area (Å²) < 4.78 is 13.6. The van der Waals surface area contributed by atoms with E-state index < -0.39 is 0 Å². The molecule has 2 fully saturated rings. The van der Waals surface area contributed by atoms with Crippen LogP contribution >= 0.6 is 0 Å². The smallest absolute Gasteiger partial charge is 0.228 e. The van der Waals surface area contributed by atoms with Gasteiger partial charge < -0.3 is 19.4 Å². The molecule has 1 saturated carbocycles. The first-order valence-corrected chi connectivity index (χ1v) is 9.08. The van der Waals surface area contributed by atoms with Crippen molar-refractivity contribution in [1.29, 1.82) is 0 Å². The van der Waals surface area contributed by atoms with Gasteiger partial charge in [-0.05, 0) is 38.3 Å². The van der Waals surface area contributed by atoms with Crippen LogP contribution in [-0.2, 0) is 16.1 Å². The lowest BCUT2D eigenvalue weighted by molar-refractivity contribution is -0.129. The lowest BCUT2D eigenvalue weighted by Crippen LogP contribution is -2.53. The monoisotopic (exact) mass is 356 g/mol. The highest BCUT2D eigenvalue weighted by Gasteiger charge is 2.51. The van der Waals surface area contributed by atoms with Gasteiger partial charge >= 0.3 is 0 Å². The number of nitrogens with zero attached hydrogens (tertiary/aromatic N) is 3. The van der Waals surface area contributed by atoms with Crippen molar-refractivity contribution in [3.8, 4) is 5.75 Å². The maximum atomic E-state index is 12.9. The normalized spacial score (nSPS) is 24.0. The number of amides is 1. The van der Waals surface area contributed by atoms with Gasteiger partial charge in [-0.1, -0.05) is 0 Å². The fraction of sp³-hybridized carbons (Fsp3) is 0.526. The largest absolute Gasteiger partial charge is 0.484 e. The first-order chi connectivity index (χ1) is 12.6. The molecule has 1 saturated heterocycles. The molecule has 2 aromatic rings. The molecular weight excluding hydrogens is 332 g/mol. The van der Waals surface area contributed by atoms with Crippen LogP contribution in [0.4, 0.5) is 0 Å². The standard InChI is InChI=1S/C19H24N4O3/c1-14-2-3-15(10-21-14)26-17-11-25-9-4-16(17)22-18(24)19(5-6-19)12-23-8-7-20-13-23/h2-3,7-8,10,13,16-17H,4-6,9,11-12H2,1H3,(H,22,24)/t16-,17+/m0/s1. The summed E-state index contributed by atoms with van der Waals surface area (Å²) in [4.78, 5) is 21.2. The zero-order valence-corrected chi connectivity index (χ0v) is 14.9. The van der Waals surface area contributed by atoms with Crippen LogP contribution in [0, 0.1) is 12.3 Å². The number of rotatable bonds is 6. The molecule has 3 heterocycles. The van der Waals surface area contributed by atoms with Crippen molar-refractivity contribution in [2.75, 3.05) is 13.2 Å². The maximum Gasteiger partial charge on any atom is 0.228 e. The van der Waals surface area contributed by atoms with Gasteiger partial charge in [0.15, 0.2) is 0 Å². The van der Waals surface area contributed by atoms with Gasteiger partial charge in [0.2, 0.25) is 5.91 Å². The zero-order chi connectivity index (χ0) is 18.0. The van der Waals surface area contributed by atoms with Crippen molar-refractivity contribution >= 4 is 5.91 Å². The highest BCUT2D eigenvalue weighted by molar-refractivity contribution is 5.85. The van der Waals surface area contributed by atoms with Crippen LogP contribution in [0.15, 0.2) is 37.1 Å². The van der Waals surface area contributed by atoms with E-state index in [0.717, 1.165) is 25.0 Å². The second-order valence-electron chi connectivity index (χ2n) is 7.25. The average molecular weight is 356 g/mol. The van der Waals surface area contributed by atoms with Crippen molar-refractivity contribution in [2.24, 2.45) is 5.41 Å². The Kier molecular flexibility index (Phi) is 4.63. The number of nitrogens with one attached hydrogen (secondary N) is 1. The summed E-state index contributed by atoms with van der Waals surface area (Å²) in [5.41, 5.74) is 0.631. The molecule has 7 heteroatoms. The third kappa shape index (κ3) is 3.72. The topological polar surface area (TPSA) is 78.3 Å². The van der Waals surface area contributed by atoms with Crippen LogP contribution in [0.25, 0.3) is 0 Å². The maximum absolute atomic E-state index is 12.9. The van der Waals surface area contributed by atoms with Gasteiger partial charge in [-0.25, -0.2) is 4.98 Å². The molecule has 2 atom stereocenters. The van der Waals surface area contributed by atoms with E-state index in [9.17, 15) is 4.79 Å². The third-order valence-corrected chi connectivity index (χ3v) is 5.17. The van der Waals surface area contributed by atoms with Crippen LogP contribution in [0.1, 0.15) is 25.0 Å². The molecule has 0 aromatic carbocycles. The Morgan fingerprint density at radius 1 is 1.46 bits per heavy atom. The molecule has 1 amide bonds. The molecule has 138 valence electrons. The number of ether oxygens (including phenoxy) is 2. The van der Waals surface area contributed by atoms with Crippen molar-refractivity contribution in [1.82, 2.24) is 19.9 Å². The van der Waals surface area contributed by atoms with Crippen LogP contribution in [0.3, 0.4) is 0 Å². The Morgan fingerprint density at radius 3 is 3.04 bits per heavy atom. The molecule has 0 spiro atoms. The third-order valence-electron chi connectivity index (χ3n) is 5.17. The van der Waals surface area contributed by atoms with Crippen LogP contribution in [-0.4, -0.2) is 45.8 Å². The van der Waals surface area contributed by atoms with Crippen LogP contribution < -0.4 is 10.1 Å². The number of hydrogen-bond acceptors (Lipinski definition) is 5. The van der Waals surface area contributed by atoms with E-state index in [2.05, 4.69) is 15.3 Å². The molecule has 7 nitrogen and oxygen atoms in total. The Bertz CT molecular complexity index is 741. The number of imidazole rings is 1. The number of carbonyl (C=O) groups excluding carboxylic acids is 1. The summed E-state index contributed by atoms with van der Waals surface area (Å²) in [7, 11) is 0. The Hall–Kier alpha value is -2.41. The average Bonchev–Trinajstić information content (AvgIpc) is 3.25. The molecule has 4 rings (SSSR count). The summed E-state index contributed by atoms with van der Waals surface area (Å²) in [5.74, 6) is 0.804. The molecule has 2 aromatic heterocycles. The molecule has 1 N–H and O–H groups in total. The number of aryl methyl sites for hydroxylation is 1. The Morgan fingerprint density at radius 2 is 2.35 bits per heavy atom. The fourth-order valence-corrected chi connectivity index (χ4v) is 3.35. The first-order valence-electron chi connectivity index (χ1n) is 9.08. The van der Waals surface area contributed by atoms with Crippen molar-refractivity contribution < 1.29 is 14.3 Å². The zero-order valence-electron chi connectivity index (χ0n) is 14.9. The lowest BCUT2D eigenvalue weighted by atomic mass is 10.0. The van der Waals surface area contributed by atoms with Crippen LogP contribution in [0.2, 0.25) is 0 Å². The minimum atomic E-state index is -0.311. The van der Waals surface area contributed by atoms with E-state index in [4.69, 9.17) is 9.47 Å². The SMILES string of the molecule is Cc1ccc(O[C@@H]2COCC[C@@H]2NC(=O)C2(Cn3ccnc3)CC2)cn1. The molecular formula is C19H24N4O3. The van der Waals surface area contributed by atoms with Gasteiger partial charge in [-0.15, -0.1) is 0 Å². The van der Waals surface area contributed by atoms with Gasteiger partial charge in [-0.3, -0.25) is 9.78 Å². The van der Waals surface area contributed by atoms with E-state index >= 15 is 0 Å². The highest BCUT2D eigenvalue weighted by Crippen LogP contribution is 2.47. The van der Waals surface area contributed by atoms with Gasteiger partial charge in [0.25, 0.3) is 0 Å². The molecule has 2 aliphatic rings. The number of carbonyl (C=O) groups is 1. The molecule has 1 aliphatic heterocycles. The van der Waals surface area contributed by atoms with E-state index in [1.807, 2.05) is 29.8 Å². The van der Waals surface area contributed by atoms with E-state index in [0.29, 0.717) is 25.5 Å². The second kappa shape index (κ2) is 7.07. The van der Waals surface area contributed by atoms with Crippen molar-refractivity contribution in [2.45, 2.75) is 44.9 Å². The Labute approximate surface area is 152 Å². The molecule has 0 unspecified atom stereocenters. The first kappa shape index (κ1) is 17.0. The lowest BCUT2D eigenvalue weighted by Gasteiger charge is -2.33. The van der Waals surface area contributed by atoms with Crippen molar-refractivity contribution in [3.05, 3.63) is 42.7 Å². The quantitative estimate of drug-likeness (QED) is 0.853. The predicted molar refractivity (Wildman–Crippen MR) is 94.7 cm³/mol. The summed E-state index contributed by atoms with van der Waals surface area (Å²) in [5, 5.41) is 3.22. The van der Waals surface area contributed by atoms with Crippen molar-refractivity contribution in [3.63, 3.8) is 0 Å². The Balaban J connectivity index is 1.40. The van der Waals surface area contributed by atoms with E-state index in [1.54, 1.807) is 18.7 Å². The number of pyridine rings is 1. The van der Waals surface area contributed by atoms with Gasteiger partial charge in [0, 0.05) is 31.2 Å². The highest BCUT2D eigenvalue weighted by atomic mass is 16.5. The van der Waals surface area contributed by atoms with Gasteiger partial charge in [0.1, 0.15) is 11.9 Å². The van der Waals surface area contributed by atoms with E-state index in [1.165, 1.54) is 0 Å². The predicted octanol–water partition coefficient (Wildman–Crippen LogP) is 1.72. The van der Waals surface area contributed by atoms with Gasteiger partial charge in [0.05, 0.1) is 30.6 Å². The molecule has 1 aliphatic carbocycles. The summed E-state index contributed by atoms with van der Waals surface area (Å²) in [6, 6.07) is 3.76. The van der Waals surface area contributed by atoms with Gasteiger partial charge in [-0.2, -0.15) is 0 Å². The van der Waals surface area contributed by atoms with E-state index in [-0.39, 0.29) is 23.5 Å². The summed E-state index contributed by atoms with van der Waals surface area (Å²) >= 11 is 0. The second-order valence-corrected chi connectivity index (χ2v) is 7.25. The fourth-order valence-electron chi connectivity index (χ4n) is 3.35. The number of aromatic nitrogens is 3. The number of hydrogen-bond donors (Lipinski definition) is 1. The molecule has 0 bridgehead atoms. The molecule has 0 radical (unpaired) electrons. The minimum absolute atomic E-state index is 0.0576. The summed E-state index contributed by atoms with van der Waals surface area (Å²) in [6.45, 7) is 3.71. The van der Waals surface area contributed by atoms with Crippen LogP contribution in [0.5, 0.6) is 5.75 Å². The summed E-state index contributed by atoms with van der Waals surface area (Å²) in [6.07, 6.45) is 9.48.